The summed E-state index contributed by atoms with van der Waals surface area (Å²) in [7, 11) is 3.50. The highest BCUT2D eigenvalue weighted by Gasteiger charge is 2.11. The standard InChI is InChI=1S/C10H9Cl2NO/c1-13-9(12)5-6-8(14-2)4-3-7(11)10(6)13/h3-5H,1-2H3. The second-order valence-corrected chi connectivity index (χ2v) is 3.83. The van der Waals surface area contributed by atoms with E-state index in [1.165, 1.54) is 0 Å². The van der Waals surface area contributed by atoms with E-state index in [1.807, 2.05) is 23.7 Å². The van der Waals surface area contributed by atoms with Crippen LogP contribution in [0.5, 0.6) is 5.75 Å². The third-order valence-corrected chi connectivity index (χ3v) is 2.93. The lowest BCUT2D eigenvalue weighted by Gasteiger charge is -2.04. The molecular formula is C10H9Cl2NO. The number of aryl methyl sites for hydroxylation is 1. The number of ether oxygens (including phenoxy) is 1. The Labute approximate surface area is 92.0 Å². The van der Waals surface area contributed by atoms with E-state index in [2.05, 4.69) is 0 Å². The minimum absolute atomic E-state index is 0.645. The molecule has 0 spiro atoms. The van der Waals surface area contributed by atoms with Gasteiger partial charge in [0.2, 0.25) is 0 Å². The van der Waals surface area contributed by atoms with Gasteiger partial charge < -0.3 is 9.30 Å². The lowest BCUT2D eigenvalue weighted by Crippen LogP contribution is -1.88. The summed E-state index contributed by atoms with van der Waals surface area (Å²) in [5.74, 6) is 0.784. The van der Waals surface area contributed by atoms with Crippen molar-refractivity contribution in [2.24, 2.45) is 7.05 Å². The largest absolute Gasteiger partial charge is 0.496 e. The molecule has 74 valence electrons. The smallest absolute Gasteiger partial charge is 0.128 e. The molecule has 0 atom stereocenters. The molecule has 2 aromatic rings. The van der Waals surface area contributed by atoms with Crippen LogP contribution in [0.2, 0.25) is 10.2 Å². The first-order valence-corrected chi connectivity index (χ1v) is 4.88. The van der Waals surface area contributed by atoms with Crippen LogP contribution in [0.1, 0.15) is 0 Å². The first-order chi connectivity index (χ1) is 6.65. The normalized spacial score (nSPS) is 10.9. The zero-order chi connectivity index (χ0) is 10.3. The van der Waals surface area contributed by atoms with Gasteiger partial charge in [-0.15, -0.1) is 0 Å². The van der Waals surface area contributed by atoms with E-state index in [-0.39, 0.29) is 0 Å². The predicted molar refractivity (Wildman–Crippen MR) is 59.5 cm³/mol. The minimum atomic E-state index is 0.645. The zero-order valence-corrected chi connectivity index (χ0v) is 9.36. The molecule has 0 aliphatic heterocycles. The van der Waals surface area contributed by atoms with Crippen molar-refractivity contribution in [3.05, 3.63) is 28.4 Å². The van der Waals surface area contributed by atoms with Gasteiger partial charge in [0.1, 0.15) is 10.9 Å². The van der Waals surface area contributed by atoms with Crippen molar-refractivity contribution in [2.75, 3.05) is 7.11 Å². The molecule has 0 saturated carbocycles. The van der Waals surface area contributed by atoms with Gasteiger partial charge in [-0.1, -0.05) is 23.2 Å². The van der Waals surface area contributed by atoms with Crippen molar-refractivity contribution in [3.63, 3.8) is 0 Å². The van der Waals surface area contributed by atoms with Crippen molar-refractivity contribution in [3.8, 4) is 5.75 Å². The maximum Gasteiger partial charge on any atom is 0.128 e. The average molecular weight is 230 g/mol. The summed E-state index contributed by atoms with van der Waals surface area (Å²) in [6.45, 7) is 0. The van der Waals surface area contributed by atoms with Crippen LogP contribution in [0.25, 0.3) is 10.9 Å². The predicted octanol–water partition coefficient (Wildman–Crippen LogP) is 3.49. The van der Waals surface area contributed by atoms with Gasteiger partial charge in [0.05, 0.1) is 17.6 Å². The fourth-order valence-corrected chi connectivity index (χ4v) is 2.03. The van der Waals surface area contributed by atoms with Crippen LogP contribution in [0.3, 0.4) is 0 Å². The summed E-state index contributed by atoms with van der Waals surface area (Å²) >= 11 is 12.1. The topological polar surface area (TPSA) is 14.2 Å². The maximum atomic E-state index is 6.07. The maximum absolute atomic E-state index is 6.07. The molecule has 0 saturated heterocycles. The molecule has 0 fully saturated rings. The van der Waals surface area contributed by atoms with Crippen molar-refractivity contribution >= 4 is 34.1 Å². The number of halogens is 2. The number of fused-ring (bicyclic) bond motifs is 1. The zero-order valence-electron chi connectivity index (χ0n) is 7.84. The monoisotopic (exact) mass is 229 g/mol. The Kier molecular flexibility index (Phi) is 2.33. The van der Waals surface area contributed by atoms with Crippen LogP contribution >= 0.6 is 23.2 Å². The fourth-order valence-electron chi connectivity index (χ4n) is 1.54. The first-order valence-electron chi connectivity index (χ1n) is 4.12. The quantitative estimate of drug-likeness (QED) is 0.731. The Bertz CT molecular complexity index is 490. The van der Waals surface area contributed by atoms with E-state index in [1.54, 1.807) is 13.2 Å². The second kappa shape index (κ2) is 3.37. The molecule has 4 heteroatoms. The average Bonchev–Trinajstić information content (AvgIpc) is 2.45. The summed E-state index contributed by atoms with van der Waals surface area (Å²) < 4.78 is 7.06. The number of nitrogens with zero attached hydrogens (tertiary/aromatic N) is 1. The molecule has 0 amide bonds. The van der Waals surface area contributed by atoms with E-state index in [4.69, 9.17) is 27.9 Å². The number of hydrogen-bond donors (Lipinski definition) is 0. The number of methoxy groups -OCH3 is 1. The van der Waals surface area contributed by atoms with Gasteiger partial charge in [-0.05, 0) is 18.2 Å². The van der Waals surface area contributed by atoms with E-state index in [0.717, 1.165) is 16.7 Å². The fraction of sp³-hybridized carbons (Fsp3) is 0.200. The molecule has 0 radical (unpaired) electrons. The highest BCUT2D eigenvalue weighted by Crippen LogP contribution is 2.34. The number of benzene rings is 1. The highest BCUT2D eigenvalue weighted by molar-refractivity contribution is 6.37. The molecule has 0 N–H and O–H groups in total. The summed E-state index contributed by atoms with van der Waals surface area (Å²) in [4.78, 5) is 0. The molecule has 0 aliphatic carbocycles. The van der Waals surface area contributed by atoms with Crippen LogP contribution in [0.4, 0.5) is 0 Å². The molecule has 2 rings (SSSR count). The second-order valence-electron chi connectivity index (χ2n) is 3.04. The lowest BCUT2D eigenvalue weighted by atomic mass is 10.2. The lowest BCUT2D eigenvalue weighted by molar-refractivity contribution is 0.420. The van der Waals surface area contributed by atoms with Crippen LogP contribution in [0, 0.1) is 0 Å². The summed E-state index contributed by atoms with van der Waals surface area (Å²) in [6.07, 6.45) is 0. The molecule has 0 aliphatic rings. The van der Waals surface area contributed by atoms with Gasteiger partial charge in [0, 0.05) is 12.4 Å². The third kappa shape index (κ3) is 1.26. The Hall–Kier alpha value is -0.860. The minimum Gasteiger partial charge on any atom is -0.496 e. The van der Waals surface area contributed by atoms with Crippen LogP contribution in [0.15, 0.2) is 18.2 Å². The molecule has 14 heavy (non-hydrogen) atoms. The van der Waals surface area contributed by atoms with Crippen molar-refractivity contribution in [2.45, 2.75) is 0 Å². The first kappa shape index (κ1) is 9.69. The Morgan fingerprint density at radius 2 is 2.00 bits per heavy atom. The Morgan fingerprint density at radius 3 is 2.64 bits per heavy atom. The molecule has 0 unspecified atom stereocenters. The van der Waals surface area contributed by atoms with Crippen LogP contribution < -0.4 is 4.74 Å². The van der Waals surface area contributed by atoms with E-state index >= 15 is 0 Å². The third-order valence-electron chi connectivity index (χ3n) is 2.27. The summed E-state index contributed by atoms with van der Waals surface area (Å²) in [6, 6.07) is 5.49. The van der Waals surface area contributed by atoms with Crippen molar-refractivity contribution in [1.82, 2.24) is 4.57 Å². The van der Waals surface area contributed by atoms with Gasteiger partial charge in [-0.2, -0.15) is 0 Å². The SMILES string of the molecule is COc1ccc(Cl)c2c1cc(Cl)n2C. The summed E-state index contributed by atoms with van der Waals surface area (Å²) in [5, 5.41) is 2.26. The van der Waals surface area contributed by atoms with E-state index < -0.39 is 0 Å². The van der Waals surface area contributed by atoms with Gasteiger partial charge in [-0.3, -0.25) is 0 Å². The molecule has 0 bridgehead atoms. The van der Waals surface area contributed by atoms with Crippen LogP contribution in [-0.4, -0.2) is 11.7 Å². The van der Waals surface area contributed by atoms with Crippen LogP contribution in [-0.2, 0) is 7.05 Å². The number of aromatic nitrogens is 1. The van der Waals surface area contributed by atoms with Gasteiger partial charge in [0.15, 0.2) is 0 Å². The Balaban J connectivity index is 2.91. The van der Waals surface area contributed by atoms with Gasteiger partial charge in [0.25, 0.3) is 0 Å². The molecule has 2 nitrogen and oxygen atoms in total. The van der Waals surface area contributed by atoms with Crippen molar-refractivity contribution in [1.29, 1.82) is 0 Å². The van der Waals surface area contributed by atoms with E-state index in [0.29, 0.717) is 10.2 Å². The molecular weight excluding hydrogens is 221 g/mol. The van der Waals surface area contributed by atoms with Gasteiger partial charge >= 0.3 is 0 Å². The number of hydrogen-bond acceptors (Lipinski definition) is 1. The van der Waals surface area contributed by atoms with Gasteiger partial charge in [-0.25, -0.2) is 0 Å². The molecule has 1 aromatic carbocycles. The van der Waals surface area contributed by atoms with Crippen molar-refractivity contribution < 1.29 is 4.74 Å². The molecule has 1 aromatic heterocycles. The van der Waals surface area contributed by atoms with E-state index in [9.17, 15) is 0 Å². The molecule has 1 heterocycles. The Morgan fingerprint density at radius 1 is 1.29 bits per heavy atom. The highest BCUT2D eigenvalue weighted by atomic mass is 35.5. The summed E-state index contributed by atoms with van der Waals surface area (Å²) in [5.41, 5.74) is 0.899. The number of rotatable bonds is 1.